The maximum absolute atomic E-state index is 12.2. The smallest absolute Gasteiger partial charge is 0.246 e. The molecule has 1 aromatic carbocycles. The van der Waals surface area contributed by atoms with Crippen LogP contribution in [0.1, 0.15) is 20.8 Å². The fraction of sp³-hybridized carbons (Fsp3) is 0.438. The number of rotatable bonds is 5. The number of hydrogen-bond acceptors (Lipinski definition) is 5. The summed E-state index contributed by atoms with van der Waals surface area (Å²) >= 11 is 3.43. The van der Waals surface area contributed by atoms with Crippen molar-refractivity contribution in [2.75, 3.05) is 13.6 Å². The summed E-state index contributed by atoms with van der Waals surface area (Å²) < 4.78 is 0.844. The summed E-state index contributed by atoms with van der Waals surface area (Å²) in [5, 5.41) is 14.9. The Morgan fingerprint density at radius 1 is 1.28 bits per heavy atom. The summed E-state index contributed by atoms with van der Waals surface area (Å²) in [6.45, 7) is 5.54. The van der Waals surface area contributed by atoms with E-state index in [-0.39, 0.29) is 30.4 Å². The number of nitrogens with zero attached hydrogens (tertiary/aromatic N) is 5. The van der Waals surface area contributed by atoms with Gasteiger partial charge in [0, 0.05) is 22.6 Å². The van der Waals surface area contributed by atoms with Crippen molar-refractivity contribution in [1.29, 1.82) is 0 Å². The summed E-state index contributed by atoms with van der Waals surface area (Å²) in [7, 11) is 1.57. The second kappa shape index (κ2) is 7.73. The Kier molecular flexibility index (Phi) is 5.89. The maximum Gasteiger partial charge on any atom is 0.246 e. The molecule has 0 bridgehead atoms. The molecule has 0 aliphatic rings. The molecule has 2 aromatic rings. The lowest BCUT2D eigenvalue weighted by atomic mass is 10.1. The highest BCUT2D eigenvalue weighted by atomic mass is 79.9. The Balaban J connectivity index is 1.97. The molecule has 0 radical (unpaired) electrons. The topological polar surface area (TPSA) is 93.0 Å². The minimum Gasteiger partial charge on any atom is -0.350 e. The van der Waals surface area contributed by atoms with E-state index < -0.39 is 0 Å². The van der Waals surface area contributed by atoms with Crippen molar-refractivity contribution >= 4 is 27.7 Å². The molecule has 0 unspecified atom stereocenters. The average Bonchev–Trinajstić information content (AvgIpc) is 2.93. The molecule has 0 saturated carbocycles. The van der Waals surface area contributed by atoms with Crippen LogP contribution in [0.15, 0.2) is 28.7 Å². The van der Waals surface area contributed by atoms with Crippen LogP contribution in [0.3, 0.4) is 0 Å². The van der Waals surface area contributed by atoms with Crippen LogP contribution in [0.2, 0.25) is 0 Å². The molecule has 2 amide bonds. The van der Waals surface area contributed by atoms with Gasteiger partial charge in [0.1, 0.15) is 6.54 Å². The van der Waals surface area contributed by atoms with Crippen molar-refractivity contribution in [3.63, 3.8) is 0 Å². The SMILES string of the molecule is CN(CC(=O)NC(C)(C)C)C(=O)Cn1nnc(-c2ccccc2Br)n1. The first-order valence-corrected chi connectivity index (χ1v) is 8.53. The first-order valence-electron chi connectivity index (χ1n) is 7.73. The molecular weight excluding hydrogens is 388 g/mol. The van der Waals surface area contributed by atoms with E-state index in [2.05, 4.69) is 36.7 Å². The fourth-order valence-corrected chi connectivity index (χ4v) is 2.53. The van der Waals surface area contributed by atoms with E-state index in [4.69, 9.17) is 0 Å². The Labute approximate surface area is 154 Å². The van der Waals surface area contributed by atoms with E-state index in [0.717, 1.165) is 10.0 Å². The highest BCUT2D eigenvalue weighted by Crippen LogP contribution is 2.24. The van der Waals surface area contributed by atoms with E-state index in [1.807, 2.05) is 45.0 Å². The first-order chi connectivity index (χ1) is 11.7. The van der Waals surface area contributed by atoms with Crippen LogP contribution in [0, 0.1) is 0 Å². The van der Waals surface area contributed by atoms with Crippen LogP contribution in [-0.4, -0.2) is 56.1 Å². The van der Waals surface area contributed by atoms with Crippen molar-refractivity contribution in [1.82, 2.24) is 30.4 Å². The van der Waals surface area contributed by atoms with Crippen LogP contribution >= 0.6 is 15.9 Å². The molecule has 0 atom stereocenters. The largest absolute Gasteiger partial charge is 0.350 e. The van der Waals surface area contributed by atoms with Gasteiger partial charge in [0.2, 0.25) is 17.6 Å². The van der Waals surface area contributed by atoms with Gasteiger partial charge in [0.25, 0.3) is 0 Å². The minimum atomic E-state index is -0.341. The van der Waals surface area contributed by atoms with Gasteiger partial charge in [-0.2, -0.15) is 4.80 Å². The Morgan fingerprint density at radius 3 is 2.60 bits per heavy atom. The molecule has 1 N–H and O–H groups in total. The van der Waals surface area contributed by atoms with Crippen molar-refractivity contribution in [2.45, 2.75) is 32.9 Å². The molecule has 134 valence electrons. The second-order valence-electron chi connectivity index (χ2n) is 6.67. The third-order valence-corrected chi connectivity index (χ3v) is 3.86. The van der Waals surface area contributed by atoms with Gasteiger partial charge in [0.05, 0.1) is 6.54 Å². The van der Waals surface area contributed by atoms with Gasteiger partial charge in [-0.1, -0.05) is 28.1 Å². The van der Waals surface area contributed by atoms with E-state index in [1.165, 1.54) is 9.70 Å². The molecule has 25 heavy (non-hydrogen) atoms. The average molecular weight is 409 g/mol. The Hall–Kier alpha value is -2.29. The van der Waals surface area contributed by atoms with Gasteiger partial charge >= 0.3 is 0 Å². The van der Waals surface area contributed by atoms with Crippen molar-refractivity contribution in [2.24, 2.45) is 0 Å². The number of halogens is 1. The third kappa shape index (κ3) is 5.63. The highest BCUT2D eigenvalue weighted by Gasteiger charge is 2.19. The van der Waals surface area contributed by atoms with E-state index >= 15 is 0 Å². The molecule has 9 heteroatoms. The fourth-order valence-electron chi connectivity index (χ4n) is 2.06. The van der Waals surface area contributed by atoms with Crippen LogP contribution in [0.25, 0.3) is 11.4 Å². The number of carbonyl (C=O) groups is 2. The van der Waals surface area contributed by atoms with E-state index in [9.17, 15) is 9.59 Å². The molecule has 0 fully saturated rings. The normalized spacial score (nSPS) is 11.2. The zero-order chi connectivity index (χ0) is 18.6. The molecular formula is C16H21BrN6O2. The molecule has 8 nitrogen and oxygen atoms in total. The molecule has 0 saturated heterocycles. The standard InChI is InChI=1S/C16H21BrN6O2/c1-16(2,3)18-13(24)9-22(4)14(25)10-23-20-15(19-21-23)11-7-5-6-8-12(11)17/h5-8H,9-10H2,1-4H3,(H,18,24). The molecule has 1 heterocycles. The summed E-state index contributed by atoms with van der Waals surface area (Å²) in [4.78, 5) is 26.7. The van der Waals surface area contributed by atoms with Crippen LogP contribution in [0.4, 0.5) is 0 Å². The lowest BCUT2D eigenvalue weighted by molar-refractivity contribution is -0.136. The Morgan fingerprint density at radius 2 is 1.96 bits per heavy atom. The minimum absolute atomic E-state index is 0.0259. The van der Waals surface area contributed by atoms with Gasteiger partial charge in [-0.3, -0.25) is 9.59 Å². The van der Waals surface area contributed by atoms with Crippen molar-refractivity contribution in [3.8, 4) is 11.4 Å². The third-order valence-electron chi connectivity index (χ3n) is 3.17. The number of hydrogen-bond donors (Lipinski definition) is 1. The Bertz CT molecular complexity index is 768. The lowest BCUT2D eigenvalue weighted by Gasteiger charge is -2.23. The molecule has 2 rings (SSSR count). The monoisotopic (exact) mass is 408 g/mol. The number of likely N-dealkylation sites (N-methyl/N-ethyl adjacent to an activating group) is 1. The van der Waals surface area contributed by atoms with Gasteiger partial charge in [-0.15, -0.1) is 10.2 Å². The zero-order valence-electron chi connectivity index (χ0n) is 14.7. The number of amides is 2. The highest BCUT2D eigenvalue weighted by molar-refractivity contribution is 9.10. The van der Waals surface area contributed by atoms with Crippen LogP contribution < -0.4 is 5.32 Å². The first kappa shape index (κ1) is 19.0. The number of aromatic nitrogens is 4. The van der Waals surface area contributed by atoms with E-state index in [1.54, 1.807) is 7.05 Å². The van der Waals surface area contributed by atoms with Gasteiger partial charge < -0.3 is 10.2 Å². The summed E-state index contributed by atoms with van der Waals surface area (Å²) in [5.74, 6) is -0.0719. The summed E-state index contributed by atoms with van der Waals surface area (Å²) in [6.07, 6.45) is 0. The number of nitrogens with one attached hydrogen (secondary N) is 1. The predicted molar refractivity (Wildman–Crippen MR) is 96.5 cm³/mol. The number of tetrazole rings is 1. The van der Waals surface area contributed by atoms with Gasteiger partial charge in [0.15, 0.2) is 0 Å². The van der Waals surface area contributed by atoms with E-state index in [0.29, 0.717) is 5.82 Å². The summed E-state index contributed by atoms with van der Waals surface area (Å²) in [5.41, 5.74) is 0.450. The maximum atomic E-state index is 12.2. The lowest BCUT2D eigenvalue weighted by Crippen LogP contribution is -2.46. The second-order valence-corrected chi connectivity index (χ2v) is 7.53. The summed E-state index contributed by atoms with van der Waals surface area (Å²) in [6, 6.07) is 7.49. The molecule has 0 aliphatic carbocycles. The molecule has 1 aromatic heterocycles. The van der Waals surface area contributed by atoms with Crippen molar-refractivity contribution in [3.05, 3.63) is 28.7 Å². The zero-order valence-corrected chi connectivity index (χ0v) is 16.2. The molecule has 0 aliphatic heterocycles. The number of carbonyl (C=O) groups excluding carboxylic acids is 2. The quantitative estimate of drug-likeness (QED) is 0.808. The molecule has 0 spiro atoms. The van der Waals surface area contributed by atoms with Gasteiger partial charge in [-0.05, 0) is 38.1 Å². The van der Waals surface area contributed by atoms with Crippen LogP contribution in [0.5, 0.6) is 0 Å². The van der Waals surface area contributed by atoms with Crippen molar-refractivity contribution < 1.29 is 9.59 Å². The number of benzene rings is 1. The van der Waals surface area contributed by atoms with Crippen LogP contribution in [-0.2, 0) is 16.1 Å². The predicted octanol–water partition coefficient (Wildman–Crippen LogP) is 1.48. The van der Waals surface area contributed by atoms with Gasteiger partial charge in [-0.25, -0.2) is 0 Å².